The predicted molar refractivity (Wildman–Crippen MR) is 82.7 cm³/mol. The third-order valence-electron chi connectivity index (χ3n) is 4.03. The third-order valence-corrected chi connectivity index (χ3v) is 4.03. The second kappa shape index (κ2) is 6.24. The first kappa shape index (κ1) is 15.5. The van der Waals surface area contributed by atoms with Crippen molar-refractivity contribution in [2.45, 2.75) is 60.0 Å². The fourth-order valence-corrected chi connectivity index (χ4v) is 2.84. The lowest BCUT2D eigenvalue weighted by Gasteiger charge is -2.12. The largest absolute Gasteiger partial charge is 0.294 e. The minimum Gasteiger partial charge on any atom is -0.294 e. The molecule has 0 saturated carbocycles. The van der Waals surface area contributed by atoms with Crippen LogP contribution in [0.4, 0.5) is 0 Å². The van der Waals surface area contributed by atoms with E-state index in [1.165, 1.54) is 0 Å². The van der Waals surface area contributed by atoms with Gasteiger partial charge in [-0.05, 0) is 39.7 Å². The number of hydrogen-bond donors (Lipinski definition) is 0. The molecule has 2 heterocycles. The summed E-state index contributed by atoms with van der Waals surface area (Å²) in [5, 5.41) is 9.11. The number of aromatic nitrogens is 4. The van der Waals surface area contributed by atoms with Gasteiger partial charge in [-0.25, -0.2) is 0 Å². The molecular weight excluding hydrogens is 264 g/mol. The van der Waals surface area contributed by atoms with E-state index in [1.807, 2.05) is 35.5 Å². The maximum absolute atomic E-state index is 11.7. The highest BCUT2D eigenvalue weighted by Gasteiger charge is 2.16. The number of ketones is 1. The van der Waals surface area contributed by atoms with Crippen molar-refractivity contribution in [1.82, 2.24) is 19.6 Å². The van der Waals surface area contributed by atoms with Crippen molar-refractivity contribution in [2.75, 3.05) is 0 Å². The van der Waals surface area contributed by atoms with E-state index in [2.05, 4.69) is 24.0 Å². The first-order valence-corrected chi connectivity index (χ1v) is 7.56. The molecule has 0 aliphatic heterocycles. The number of carbonyl (C=O) groups excluding carboxylic acids is 1. The molecule has 0 aliphatic carbocycles. The minimum atomic E-state index is 0.0683. The quantitative estimate of drug-likeness (QED) is 0.766. The van der Waals surface area contributed by atoms with Crippen LogP contribution in [-0.4, -0.2) is 25.3 Å². The van der Waals surface area contributed by atoms with E-state index < -0.39 is 0 Å². The lowest BCUT2D eigenvalue weighted by atomic mass is 10.1. The first-order chi connectivity index (χ1) is 9.97. The van der Waals surface area contributed by atoms with E-state index in [9.17, 15) is 4.79 Å². The molecule has 0 saturated heterocycles. The standard InChI is InChI=1S/C16H24N4O/c1-6-15(7-2)19-9-8-14(18-19)10-20-12(4)16(13(5)21)11(3)17-20/h8-9,15H,6-7,10H2,1-5H3. The monoisotopic (exact) mass is 288 g/mol. The maximum atomic E-state index is 11.7. The summed E-state index contributed by atoms with van der Waals surface area (Å²) in [5.41, 5.74) is 3.41. The minimum absolute atomic E-state index is 0.0683. The second-order valence-corrected chi connectivity index (χ2v) is 5.52. The Kier molecular flexibility index (Phi) is 4.60. The third kappa shape index (κ3) is 3.06. The number of carbonyl (C=O) groups is 1. The van der Waals surface area contributed by atoms with Crippen molar-refractivity contribution < 1.29 is 4.79 Å². The normalized spacial score (nSPS) is 11.3. The van der Waals surface area contributed by atoms with Gasteiger partial charge in [0.1, 0.15) is 0 Å². The number of hydrogen-bond acceptors (Lipinski definition) is 3. The van der Waals surface area contributed by atoms with Crippen LogP contribution in [0.25, 0.3) is 0 Å². The van der Waals surface area contributed by atoms with Gasteiger partial charge in [0, 0.05) is 11.9 Å². The van der Waals surface area contributed by atoms with E-state index in [-0.39, 0.29) is 5.78 Å². The van der Waals surface area contributed by atoms with Crippen LogP contribution in [0.2, 0.25) is 0 Å². The van der Waals surface area contributed by atoms with Crippen LogP contribution in [0.5, 0.6) is 0 Å². The number of nitrogens with zero attached hydrogens (tertiary/aromatic N) is 4. The molecule has 0 fully saturated rings. The van der Waals surface area contributed by atoms with E-state index in [0.717, 1.165) is 35.5 Å². The Morgan fingerprint density at radius 2 is 1.90 bits per heavy atom. The summed E-state index contributed by atoms with van der Waals surface area (Å²) in [4.78, 5) is 11.7. The zero-order chi connectivity index (χ0) is 15.6. The van der Waals surface area contributed by atoms with Crippen LogP contribution in [0.1, 0.15) is 67.1 Å². The molecule has 0 spiro atoms. The van der Waals surface area contributed by atoms with Crippen LogP contribution in [0.3, 0.4) is 0 Å². The highest BCUT2D eigenvalue weighted by atomic mass is 16.1. The highest BCUT2D eigenvalue weighted by Crippen LogP contribution is 2.17. The molecule has 2 aromatic rings. The molecule has 5 nitrogen and oxygen atoms in total. The molecule has 2 rings (SSSR count). The molecule has 0 aromatic carbocycles. The van der Waals surface area contributed by atoms with Crippen LogP contribution >= 0.6 is 0 Å². The second-order valence-electron chi connectivity index (χ2n) is 5.52. The Balaban J connectivity index is 2.23. The molecule has 21 heavy (non-hydrogen) atoms. The molecule has 0 bridgehead atoms. The van der Waals surface area contributed by atoms with Gasteiger partial charge in [-0.1, -0.05) is 13.8 Å². The summed E-state index contributed by atoms with van der Waals surface area (Å²) in [6.07, 6.45) is 4.18. The van der Waals surface area contributed by atoms with Crippen molar-refractivity contribution in [3.05, 3.63) is 34.9 Å². The van der Waals surface area contributed by atoms with Crippen molar-refractivity contribution in [2.24, 2.45) is 0 Å². The lowest BCUT2D eigenvalue weighted by Crippen LogP contribution is -2.10. The molecule has 0 radical (unpaired) electrons. The Bertz CT molecular complexity index is 635. The lowest BCUT2D eigenvalue weighted by molar-refractivity contribution is 0.101. The molecule has 5 heteroatoms. The molecular formula is C16H24N4O. The number of aryl methyl sites for hydroxylation is 1. The summed E-state index contributed by atoms with van der Waals surface area (Å²) in [7, 11) is 0. The summed E-state index contributed by atoms with van der Waals surface area (Å²) < 4.78 is 3.90. The van der Waals surface area contributed by atoms with Gasteiger partial charge in [-0.15, -0.1) is 0 Å². The van der Waals surface area contributed by atoms with Crippen LogP contribution in [0, 0.1) is 13.8 Å². The molecule has 114 valence electrons. The van der Waals surface area contributed by atoms with Gasteiger partial charge in [-0.3, -0.25) is 14.2 Å². The average Bonchev–Trinajstić information content (AvgIpc) is 2.97. The Morgan fingerprint density at radius 3 is 2.43 bits per heavy atom. The summed E-state index contributed by atoms with van der Waals surface area (Å²) in [6.45, 7) is 10.4. The van der Waals surface area contributed by atoms with E-state index in [1.54, 1.807) is 6.92 Å². The summed E-state index contributed by atoms with van der Waals surface area (Å²) in [5.74, 6) is 0.0683. The molecule has 2 aromatic heterocycles. The highest BCUT2D eigenvalue weighted by molar-refractivity contribution is 5.96. The van der Waals surface area contributed by atoms with Crippen LogP contribution in [0.15, 0.2) is 12.3 Å². The summed E-state index contributed by atoms with van der Waals surface area (Å²) in [6, 6.07) is 2.48. The van der Waals surface area contributed by atoms with Crippen LogP contribution < -0.4 is 0 Å². The zero-order valence-electron chi connectivity index (χ0n) is 13.6. The average molecular weight is 288 g/mol. The van der Waals surface area contributed by atoms with Gasteiger partial charge in [0.05, 0.1) is 29.5 Å². The first-order valence-electron chi connectivity index (χ1n) is 7.56. The van der Waals surface area contributed by atoms with E-state index in [0.29, 0.717) is 12.6 Å². The van der Waals surface area contributed by atoms with Gasteiger partial charge in [0.2, 0.25) is 0 Å². The smallest absolute Gasteiger partial charge is 0.163 e. The van der Waals surface area contributed by atoms with E-state index in [4.69, 9.17) is 0 Å². The molecule has 0 unspecified atom stereocenters. The van der Waals surface area contributed by atoms with Crippen molar-refractivity contribution >= 4 is 5.78 Å². The van der Waals surface area contributed by atoms with Crippen molar-refractivity contribution in [1.29, 1.82) is 0 Å². The fourth-order valence-electron chi connectivity index (χ4n) is 2.84. The van der Waals surface area contributed by atoms with Gasteiger partial charge < -0.3 is 0 Å². The van der Waals surface area contributed by atoms with E-state index >= 15 is 0 Å². The molecule has 0 atom stereocenters. The van der Waals surface area contributed by atoms with Crippen molar-refractivity contribution in [3.8, 4) is 0 Å². The number of rotatable bonds is 6. The fraction of sp³-hybridized carbons (Fsp3) is 0.562. The van der Waals surface area contributed by atoms with Gasteiger partial charge in [0.25, 0.3) is 0 Å². The Labute approximate surface area is 126 Å². The van der Waals surface area contributed by atoms with Crippen LogP contribution in [-0.2, 0) is 6.54 Å². The Morgan fingerprint density at radius 1 is 1.24 bits per heavy atom. The molecule has 0 N–H and O–H groups in total. The Hall–Kier alpha value is -1.91. The maximum Gasteiger partial charge on any atom is 0.163 e. The number of Topliss-reactive ketones (excluding diaryl/α,β-unsaturated/α-hetero) is 1. The molecule has 0 aliphatic rings. The van der Waals surface area contributed by atoms with Gasteiger partial charge >= 0.3 is 0 Å². The summed E-state index contributed by atoms with van der Waals surface area (Å²) >= 11 is 0. The van der Waals surface area contributed by atoms with Gasteiger partial charge in [-0.2, -0.15) is 10.2 Å². The SMILES string of the molecule is CCC(CC)n1ccc(Cn2nc(C)c(C(C)=O)c2C)n1. The zero-order valence-corrected chi connectivity index (χ0v) is 13.6. The van der Waals surface area contributed by atoms with Gasteiger partial charge in [0.15, 0.2) is 5.78 Å². The molecule has 0 amide bonds. The van der Waals surface area contributed by atoms with Crippen molar-refractivity contribution in [3.63, 3.8) is 0 Å². The predicted octanol–water partition coefficient (Wildman–Crippen LogP) is 3.31. The topological polar surface area (TPSA) is 52.7 Å².